The van der Waals surface area contributed by atoms with Crippen LogP contribution in [0.25, 0.3) is 0 Å². The minimum absolute atomic E-state index is 0.217. The van der Waals surface area contributed by atoms with Crippen molar-refractivity contribution in [2.24, 2.45) is 0 Å². The van der Waals surface area contributed by atoms with E-state index in [0.717, 1.165) is 23.9 Å². The van der Waals surface area contributed by atoms with Gasteiger partial charge in [-0.1, -0.05) is 0 Å². The number of ether oxygens (including phenoxy) is 1. The summed E-state index contributed by atoms with van der Waals surface area (Å²) >= 11 is 0. The number of carbonyl (C=O) groups excluding carboxylic acids is 1. The number of hydrogen-bond acceptors (Lipinski definition) is 5. The van der Waals surface area contributed by atoms with E-state index in [9.17, 15) is 4.79 Å². The number of morpholine rings is 1. The molecular weight excluding hydrogens is 260 g/mol. The van der Waals surface area contributed by atoms with Crippen LogP contribution in [0.3, 0.4) is 0 Å². The highest BCUT2D eigenvalue weighted by Crippen LogP contribution is 2.16. The fourth-order valence-corrected chi connectivity index (χ4v) is 2.45. The van der Waals surface area contributed by atoms with Gasteiger partial charge in [0, 0.05) is 20.1 Å². The predicted molar refractivity (Wildman–Crippen MR) is 73.1 cm³/mol. The number of amides is 1. The minimum Gasteiger partial charge on any atom is -0.454 e. The highest BCUT2D eigenvalue weighted by Gasteiger charge is 2.23. The van der Waals surface area contributed by atoms with E-state index in [4.69, 9.17) is 14.0 Å². The maximum Gasteiger partial charge on any atom is 0.312 e. The lowest BCUT2D eigenvalue weighted by molar-refractivity contribution is -0.0780. The summed E-state index contributed by atoms with van der Waals surface area (Å²) in [7, 11) is 2.99. The van der Waals surface area contributed by atoms with Crippen LogP contribution >= 0.6 is 0 Å². The van der Waals surface area contributed by atoms with Gasteiger partial charge in [0.25, 0.3) is 0 Å². The third-order valence-electron chi connectivity index (χ3n) is 3.31. The molecule has 0 N–H and O–H groups in total. The van der Waals surface area contributed by atoms with Crippen molar-refractivity contribution < 1.29 is 18.8 Å². The van der Waals surface area contributed by atoms with Gasteiger partial charge in [-0.2, -0.15) is 0 Å². The van der Waals surface area contributed by atoms with E-state index in [2.05, 4.69) is 18.7 Å². The minimum atomic E-state index is -0.289. The van der Waals surface area contributed by atoms with Crippen LogP contribution in [-0.4, -0.2) is 55.3 Å². The van der Waals surface area contributed by atoms with Crippen molar-refractivity contribution in [1.82, 2.24) is 9.96 Å². The molecule has 2 rings (SSSR count). The number of furan rings is 1. The largest absolute Gasteiger partial charge is 0.454 e. The van der Waals surface area contributed by atoms with Crippen molar-refractivity contribution in [1.29, 1.82) is 0 Å². The van der Waals surface area contributed by atoms with Crippen LogP contribution in [0.15, 0.2) is 16.5 Å². The third-order valence-corrected chi connectivity index (χ3v) is 3.31. The van der Waals surface area contributed by atoms with E-state index in [-0.39, 0.29) is 18.1 Å². The lowest BCUT2D eigenvalue weighted by Crippen LogP contribution is -2.44. The maximum atomic E-state index is 11.9. The van der Waals surface area contributed by atoms with Gasteiger partial charge in [-0.05, 0) is 26.0 Å². The van der Waals surface area contributed by atoms with Crippen molar-refractivity contribution in [2.75, 3.05) is 27.2 Å². The topological polar surface area (TPSA) is 55.2 Å². The van der Waals surface area contributed by atoms with Crippen LogP contribution in [0, 0.1) is 0 Å². The second kappa shape index (κ2) is 6.39. The summed E-state index contributed by atoms with van der Waals surface area (Å²) in [6.45, 7) is 6.54. The number of carbonyl (C=O) groups is 1. The second-order valence-corrected chi connectivity index (χ2v) is 5.20. The Morgan fingerprint density at radius 3 is 2.65 bits per heavy atom. The van der Waals surface area contributed by atoms with Crippen LogP contribution in [-0.2, 0) is 16.1 Å². The van der Waals surface area contributed by atoms with Gasteiger partial charge in [-0.25, -0.2) is 5.06 Å². The van der Waals surface area contributed by atoms with Crippen LogP contribution in [0.5, 0.6) is 0 Å². The molecule has 2 heterocycles. The molecule has 1 amide bonds. The number of hydrogen-bond donors (Lipinski definition) is 0. The zero-order valence-corrected chi connectivity index (χ0v) is 12.5. The molecule has 6 nitrogen and oxygen atoms in total. The van der Waals surface area contributed by atoms with Crippen molar-refractivity contribution in [3.05, 3.63) is 23.7 Å². The molecule has 2 atom stereocenters. The molecule has 1 aromatic rings. The molecule has 1 saturated heterocycles. The summed E-state index contributed by atoms with van der Waals surface area (Å²) in [6, 6.07) is 3.52. The normalized spacial score (nSPS) is 23.8. The lowest BCUT2D eigenvalue weighted by Gasteiger charge is -2.34. The lowest BCUT2D eigenvalue weighted by atomic mass is 10.2. The van der Waals surface area contributed by atoms with Crippen LogP contribution in [0.4, 0.5) is 0 Å². The summed E-state index contributed by atoms with van der Waals surface area (Å²) in [5.74, 6) is 0.778. The summed E-state index contributed by atoms with van der Waals surface area (Å²) in [6.07, 6.45) is 0.434. The van der Waals surface area contributed by atoms with E-state index in [0.29, 0.717) is 12.3 Å². The predicted octanol–water partition coefficient (Wildman–Crippen LogP) is 1.52. The Bertz CT molecular complexity index is 450. The molecule has 1 aliphatic rings. The maximum absolute atomic E-state index is 11.9. The van der Waals surface area contributed by atoms with Crippen molar-refractivity contribution in [3.8, 4) is 0 Å². The molecule has 6 heteroatoms. The average Bonchev–Trinajstić information content (AvgIpc) is 2.84. The summed E-state index contributed by atoms with van der Waals surface area (Å²) < 4.78 is 11.3. The quantitative estimate of drug-likeness (QED) is 0.784. The van der Waals surface area contributed by atoms with Gasteiger partial charge in [-0.3, -0.25) is 14.5 Å². The Kier molecular flexibility index (Phi) is 4.80. The van der Waals surface area contributed by atoms with Crippen LogP contribution < -0.4 is 0 Å². The Morgan fingerprint density at radius 1 is 1.40 bits per heavy atom. The zero-order valence-electron chi connectivity index (χ0n) is 12.5. The highest BCUT2D eigenvalue weighted by molar-refractivity contribution is 5.90. The fourth-order valence-electron chi connectivity index (χ4n) is 2.45. The summed E-state index contributed by atoms with van der Waals surface area (Å²) in [5, 5.41) is 1.14. The van der Waals surface area contributed by atoms with Crippen molar-refractivity contribution in [3.63, 3.8) is 0 Å². The summed E-state index contributed by atoms with van der Waals surface area (Å²) in [4.78, 5) is 19.0. The first-order chi connectivity index (χ1) is 9.49. The molecular formula is C14H22N2O4. The molecule has 1 aromatic heterocycles. The van der Waals surface area contributed by atoms with Gasteiger partial charge in [0.15, 0.2) is 5.76 Å². The molecule has 1 aliphatic heterocycles. The SMILES string of the molecule is CON(C)C(=O)c1ccc(CN2CC(C)OC(C)C2)o1. The molecule has 0 spiro atoms. The number of nitrogens with zero attached hydrogens (tertiary/aromatic N) is 2. The smallest absolute Gasteiger partial charge is 0.312 e. The van der Waals surface area contributed by atoms with E-state index in [1.165, 1.54) is 7.11 Å². The molecule has 112 valence electrons. The van der Waals surface area contributed by atoms with Crippen molar-refractivity contribution >= 4 is 5.91 Å². The Labute approximate surface area is 119 Å². The zero-order chi connectivity index (χ0) is 14.7. The molecule has 20 heavy (non-hydrogen) atoms. The summed E-state index contributed by atoms with van der Waals surface area (Å²) in [5.41, 5.74) is 0. The first kappa shape index (κ1) is 15.0. The molecule has 0 bridgehead atoms. The van der Waals surface area contributed by atoms with Gasteiger partial charge in [-0.15, -0.1) is 0 Å². The molecule has 0 aromatic carbocycles. The van der Waals surface area contributed by atoms with Crippen LogP contribution in [0.1, 0.15) is 30.2 Å². The van der Waals surface area contributed by atoms with E-state index in [1.54, 1.807) is 13.1 Å². The number of rotatable bonds is 4. The number of hydroxylamine groups is 2. The molecule has 0 aliphatic carbocycles. The Morgan fingerprint density at radius 2 is 2.05 bits per heavy atom. The van der Waals surface area contributed by atoms with Crippen molar-refractivity contribution in [2.45, 2.75) is 32.6 Å². The van der Waals surface area contributed by atoms with Gasteiger partial charge < -0.3 is 9.15 Å². The second-order valence-electron chi connectivity index (χ2n) is 5.20. The molecule has 0 saturated carbocycles. The molecule has 2 unspecified atom stereocenters. The monoisotopic (exact) mass is 282 g/mol. The van der Waals surface area contributed by atoms with E-state index in [1.807, 2.05) is 6.07 Å². The van der Waals surface area contributed by atoms with E-state index < -0.39 is 0 Å². The first-order valence-corrected chi connectivity index (χ1v) is 6.78. The van der Waals surface area contributed by atoms with E-state index >= 15 is 0 Å². The first-order valence-electron chi connectivity index (χ1n) is 6.78. The van der Waals surface area contributed by atoms with Crippen LogP contribution in [0.2, 0.25) is 0 Å². The Hall–Kier alpha value is -1.37. The van der Waals surface area contributed by atoms with Gasteiger partial charge in [0.1, 0.15) is 5.76 Å². The molecule has 1 fully saturated rings. The third kappa shape index (κ3) is 3.59. The Balaban J connectivity index is 1.97. The molecule has 0 radical (unpaired) electrons. The standard InChI is InChI=1S/C14H22N2O4/c1-10-7-16(8-11(2)19-10)9-12-5-6-13(20-12)14(17)15(3)18-4/h5-6,10-11H,7-9H2,1-4H3. The highest BCUT2D eigenvalue weighted by atomic mass is 16.7. The van der Waals surface area contributed by atoms with Gasteiger partial charge in [0.05, 0.1) is 25.9 Å². The average molecular weight is 282 g/mol. The fraction of sp³-hybridized carbons (Fsp3) is 0.643. The van der Waals surface area contributed by atoms with Gasteiger partial charge in [0.2, 0.25) is 0 Å². The van der Waals surface area contributed by atoms with Gasteiger partial charge >= 0.3 is 5.91 Å².